The van der Waals surface area contributed by atoms with Crippen LogP contribution in [0, 0.1) is 6.92 Å². The predicted octanol–water partition coefficient (Wildman–Crippen LogP) is 1.58. The van der Waals surface area contributed by atoms with Gasteiger partial charge in [-0.25, -0.2) is 0 Å². The zero-order valence-corrected chi connectivity index (χ0v) is 10.8. The summed E-state index contributed by atoms with van der Waals surface area (Å²) in [5.74, 6) is 0.900. The van der Waals surface area contributed by atoms with E-state index in [0.717, 1.165) is 48.5 Å². The number of benzene rings is 1. The highest BCUT2D eigenvalue weighted by Gasteiger charge is 2.48. The Morgan fingerprint density at radius 2 is 2.00 bits per heavy atom. The summed E-state index contributed by atoms with van der Waals surface area (Å²) in [6, 6.07) is 4.10. The van der Waals surface area contributed by atoms with Gasteiger partial charge in [0.1, 0.15) is 5.75 Å². The van der Waals surface area contributed by atoms with E-state index in [4.69, 9.17) is 4.74 Å². The third-order valence-corrected chi connectivity index (χ3v) is 4.11. The summed E-state index contributed by atoms with van der Waals surface area (Å²) < 4.78 is 5.39. The van der Waals surface area contributed by atoms with Gasteiger partial charge in [-0.1, -0.05) is 6.07 Å². The molecule has 18 heavy (non-hydrogen) atoms. The molecule has 0 atom stereocenters. The number of hydrogen-bond donors (Lipinski definition) is 2. The molecule has 2 N–H and O–H groups in total. The van der Waals surface area contributed by atoms with Gasteiger partial charge in [-0.2, -0.15) is 0 Å². The molecule has 0 aromatic heterocycles. The molecule has 1 aromatic rings. The number of rotatable bonds is 1. The highest BCUT2D eigenvalue weighted by molar-refractivity contribution is 6.07. The summed E-state index contributed by atoms with van der Waals surface area (Å²) in [4.78, 5) is 12.4. The molecule has 1 fully saturated rings. The Morgan fingerprint density at radius 1 is 1.28 bits per heavy atom. The largest absolute Gasteiger partial charge is 0.495 e. The lowest BCUT2D eigenvalue weighted by Crippen LogP contribution is -2.44. The number of hydrogen-bond acceptors (Lipinski definition) is 3. The van der Waals surface area contributed by atoms with E-state index >= 15 is 0 Å². The molecular formula is C14H18N2O2. The molecule has 0 bridgehead atoms. The Hall–Kier alpha value is -1.55. The van der Waals surface area contributed by atoms with Crippen molar-refractivity contribution in [3.8, 4) is 5.75 Å². The summed E-state index contributed by atoms with van der Waals surface area (Å²) in [5, 5.41) is 6.33. The van der Waals surface area contributed by atoms with Crippen LogP contribution in [0.1, 0.15) is 24.0 Å². The van der Waals surface area contributed by atoms with Crippen LogP contribution in [0.15, 0.2) is 12.1 Å². The molecule has 2 aliphatic rings. The Kier molecular flexibility index (Phi) is 2.55. The summed E-state index contributed by atoms with van der Waals surface area (Å²) >= 11 is 0. The van der Waals surface area contributed by atoms with Crippen molar-refractivity contribution >= 4 is 11.6 Å². The maximum Gasteiger partial charge on any atom is 0.235 e. The monoisotopic (exact) mass is 246 g/mol. The number of aryl methyl sites for hydroxylation is 1. The van der Waals surface area contributed by atoms with Crippen molar-refractivity contribution in [1.29, 1.82) is 0 Å². The Bertz CT molecular complexity index is 505. The lowest BCUT2D eigenvalue weighted by atomic mass is 9.74. The van der Waals surface area contributed by atoms with Crippen LogP contribution in [0.5, 0.6) is 5.75 Å². The van der Waals surface area contributed by atoms with E-state index in [1.165, 1.54) is 0 Å². The van der Waals surface area contributed by atoms with Crippen LogP contribution in [0.3, 0.4) is 0 Å². The number of carbonyl (C=O) groups is 1. The third-order valence-electron chi connectivity index (χ3n) is 4.11. The van der Waals surface area contributed by atoms with E-state index in [-0.39, 0.29) is 11.3 Å². The average Bonchev–Trinajstić information content (AvgIpc) is 2.64. The van der Waals surface area contributed by atoms with Gasteiger partial charge in [-0.05, 0) is 50.0 Å². The van der Waals surface area contributed by atoms with Gasteiger partial charge in [-0.3, -0.25) is 4.79 Å². The number of ether oxygens (including phenoxy) is 1. The highest BCUT2D eigenvalue weighted by atomic mass is 16.5. The fourth-order valence-corrected chi connectivity index (χ4v) is 3.13. The fourth-order valence-electron chi connectivity index (χ4n) is 3.13. The van der Waals surface area contributed by atoms with Gasteiger partial charge < -0.3 is 15.4 Å². The zero-order chi connectivity index (χ0) is 12.8. The van der Waals surface area contributed by atoms with Crippen LogP contribution >= 0.6 is 0 Å². The molecule has 0 saturated carbocycles. The van der Waals surface area contributed by atoms with Crippen molar-refractivity contribution in [3.63, 3.8) is 0 Å². The van der Waals surface area contributed by atoms with Crippen LogP contribution in [0.4, 0.5) is 5.69 Å². The first-order valence-corrected chi connectivity index (χ1v) is 6.39. The van der Waals surface area contributed by atoms with Crippen LogP contribution in [0.2, 0.25) is 0 Å². The molecule has 3 rings (SSSR count). The number of fused-ring (bicyclic) bond motifs is 2. The minimum Gasteiger partial charge on any atom is -0.495 e. The number of piperidine rings is 1. The minimum atomic E-state index is -0.347. The smallest absolute Gasteiger partial charge is 0.235 e. The lowest BCUT2D eigenvalue weighted by Gasteiger charge is -2.32. The van der Waals surface area contributed by atoms with E-state index in [9.17, 15) is 4.79 Å². The van der Waals surface area contributed by atoms with E-state index in [1.807, 2.05) is 13.0 Å². The lowest BCUT2D eigenvalue weighted by molar-refractivity contribution is -0.121. The quantitative estimate of drug-likeness (QED) is 0.791. The van der Waals surface area contributed by atoms with Gasteiger partial charge in [-0.15, -0.1) is 0 Å². The second-order valence-electron chi connectivity index (χ2n) is 5.18. The van der Waals surface area contributed by atoms with Gasteiger partial charge in [0.05, 0.1) is 18.2 Å². The molecule has 0 unspecified atom stereocenters. The highest BCUT2D eigenvalue weighted by Crippen LogP contribution is 2.47. The van der Waals surface area contributed by atoms with Crippen molar-refractivity contribution in [2.45, 2.75) is 25.2 Å². The second kappa shape index (κ2) is 3.99. The average molecular weight is 246 g/mol. The third kappa shape index (κ3) is 1.45. The molecule has 2 aliphatic heterocycles. The summed E-state index contributed by atoms with van der Waals surface area (Å²) in [6.07, 6.45) is 1.72. The molecule has 1 aromatic carbocycles. The van der Waals surface area contributed by atoms with E-state index < -0.39 is 0 Å². The molecular weight excluding hydrogens is 228 g/mol. The molecule has 0 aliphatic carbocycles. The molecule has 4 heteroatoms. The van der Waals surface area contributed by atoms with Crippen molar-refractivity contribution in [1.82, 2.24) is 5.32 Å². The Balaban J connectivity index is 2.17. The summed E-state index contributed by atoms with van der Waals surface area (Å²) in [7, 11) is 1.65. The molecule has 4 nitrogen and oxygen atoms in total. The molecule has 96 valence electrons. The van der Waals surface area contributed by atoms with E-state index in [0.29, 0.717) is 0 Å². The molecule has 2 heterocycles. The summed E-state index contributed by atoms with van der Waals surface area (Å²) in [6.45, 7) is 3.83. The van der Waals surface area contributed by atoms with Crippen molar-refractivity contribution in [2.24, 2.45) is 0 Å². The van der Waals surface area contributed by atoms with E-state index in [2.05, 4.69) is 16.7 Å². The maximum absolute atomic E-state index is 12.4. The molecule has 1 spiro atoms. The fraction of sp³-hybridized carbons (Fsp3) is 0.500. The maximum atomic E-state index is 12.4. The zero-order valence-electron chi connectivity index (χ0n) is 10.8. The van der Waals surface area contributed by atoms with Crippen molar-refractivity contribution < 1.29 is 9.53 Å². The van der Waals surface area contributed by atoms with Gasteiger partial charge >= 0.3 is 0 Å². The van der Waals surface area contributed by atoms with Crippen LogP contribution < -0.4 is 15.4 Å². The summed E-state index contributed by atoms with van der Waals surface area (Å²) in [5.41, 5.74) is 2.78. The first kappa shape index (κ1) is 11.5. The number of methoxy groups -OCH3 is 1. The van der Waals surface area contributed by atoms with Crippen LogP contribution in [0.25, 0.3) is 0 Å². The molecule has 1 saturated heterocycles. The predicted molar refractivity (Wildman–Crippen MR) is 70.1 cm³/mol. The number of anilines is 1. The van der Waals surface area contributed by atoms with Crippen LogP contribution in [-0.2, 0) is 10.2 Å². The van der Waals surface area contributed by atoms with Crippen molar-refractivity contribution in [2.75, 3.05) is 25.5 Å². The Morgan fingerprint density at radius 3 is 2.67 bits per heavy atom. The Labute approximate surface area is 107 Å². The number of amides is 1. The second-order valence-corrected chi connectivity index (χ2v) is 5.18. The normalized spacial score (nSPS) is 20.7. The van der Waals surface area contributed by atoms with Crippen molar-refractivity contribution in [3.05, 3.63) is 23.3 Å². The first-order chi connectivity index (χ1) is 8.67. The van der Waals surface area contributed by atoms with Gasteiger partial charge in [0.2, 0.25) is 5.91 Å². The number of nitrogens with one attached hydrogen (secondary N) is 2. The number of carbonyl (C=O) groups excluding carboxylic acids is 1. The first-order valence-electron chi connectivity index (χ1n) is 6.39. The van der Waals surface area contributed by atoms with Gasteiger partial charge in [0.25, 0.3) is 0 Å². The SMILES string of the molecule is COc1cc(C)cc2c1NC(=O)C21CCNCC1. The van der Waals surface area contributed by atoms with Crippen LogP contribution in [-0.4, -0.2) is 26.1 Å². The van der Waals surface area contributed by atoms with E-state index in [1.54, 1.807) is 7.11 Å². The molecule has 0 radical (unpaired) electrons. The topological polar surface area (TPSA) is 50.4 Å². The van der Waals surface area contributed by atoms with Gasteiger partial charge in [0, 0.05) is 0 Å². The molecule has 1 amide bonds. The van der Waals surface area contributed by atoms with Gasteiger partial charge in [0.15, 0.2) is 0 Å². The minimum absolute atomic E-state index is 0.128. The standard InChI is InChI=1S/C14H18N2O2/c1-9-7-10-12(11(8-9)18-2)16-13(17)14(10)3-5-15-6-4-14/h7-8,15H,3-6H2,1-2H3,(H,16,17).